The van der Waals surface area contributed by atoms with Crippen molar-refractivity contribution >= 4 is 33.6 Å². The number of esters is 2. The normalized spacial score (nSPS) is 12.6. The van der Waals surface area contributed by atoms with E-state index in [1.165, 1.54) is 43.7 Å². The molecule has 1 N–H and O–H groups in total. The van der Waals surface area contributed by atoms with Gasteiger partial charge in [0.25, 0.3) is 0 Å². The molecule has 0 amide bonds. The van der Waals surface area contributed by atoms with Crippen LogP contribution in [0.25, 0.3) is 0 Å². The first kappa shape index (κ1) is 21.9. The van der Waals surface area contributed by atoms with Gasteiger partial charge in [-0.25, -0.2) is 13.2 Å². The minimum atomic E-state index is -3.97. The van der Waals surface area contributed by atoms with E-state index in [0.29, 0.717) is 10.6 Å². The van der Waals surface area contributed by atoms with E-state index in [1.54, 1.807) is 13.8 Å². The van der Waals surface area contributed by atoms with Gasteiger partial charge in [0.1, 0.15) is 12.6 Å². The summed E-state index contributed by atoms with van der Waals surface area (Å²) in [5.41, 5.74) is 0.309. The van der Waals surface area contributed by atoms with Crippen LogP contribution in [0.2, 0.25) is 5.02 Å². The fraction of sp³-hybridized carbons (Fsp3) is 0.333. The van der Waals surface area contributed by atoms with Crippen LogP contribution < -0.4 is 4.72 Å². The van der Waals surface area contributed by atoms with Crippen LogP contribution in [0, 0.1) is 5.92 Å². The molecule has 0 saturated carbocycles. The molecule has 1 aromatic carbocycles. The zero-order valence-corrected chi connectivity index (χ0v) is 17.0. The molecule has 0 fully saturated rings. The van der Waals surface area contributed by atoms with Crippen molar-refractivity contribution < 1.29 is 31.9 Å². The van der Waals surface area contributed by atoms with E-state index < -0.39 is 28.0 Å². The lowest BCUT2D eigenvalue weighted by Gasteiger charge is -2.20. The van der Waals surface area contributed by atoms with E-state index in [9.17, 15) is 18.0 Å². The number of halogens is 1. The Kier molecular flexibility index (Phi) is 7.22. The van der Waals surface area contributed by atoms with Gasteiger partial charge in [0.15, 0.2) is 0 Å². The molecule has 1 aromatic heterocycles. The third-order valence-electron chi connectivity index (χ3n) is 3.81. The van der Waals surface area contributed by atoms with Gasteiger partial charge < -0.3 is 13.9 Å². The van der Waals surface area contributed by atoms with Crippen molar-refractivity contribution in [1.82, 2.24) is 4.72 Å². The average Bonchev–Trinajstić information content (AvgIpc) is 3.12. The van der Waals surface area contributed by atoms with Crippen molar-refractivity contribution in [2.24, 2.45) is 5.92 Å². The molecule has 28 heavy (non-hydrogen) atoms. The van der Waals surface area contributed by atoms with Gasteiger partial charge in [-0.05, 0) is 36.2 Å². The molecule has 2 aromatic rings. The zero-order valence-electron chi connectivity index (χ0n) is 15.5. The Hall–Kier alpha value is -2.36. The molecule has 0 aliphatic heterocycles. The smallest absolute Gasteiger partial charge is 0.374 e. The van der Waals surface area contributed by atoms with Crippen LogP contribution >= 0.6 is 11.6 Å². The summed E-state index contributed by atoms with van der Waals surface area (Å²) in [6.07, 6.45) is 1.26. The Morgan fingerprint density at radius 2 is 1.82 bits per heavy atom. The lowest BCUT2D eigenvalue weighted by atomic mass is 10.1. The summed E-state index contributed by atoms with van der Waals surface area (Å²) in [4.78, 5) is 24.0. The largest absolute Gasteiger partial charge is 0.463 e. The van der Waals surface area contributed by atoms with E-state index in [2.05, 4.69) is 9.46 Å². The van der Waals surface area contributed by atoms with E-state index >= 15 is 0 Å². The lowest BCUT2D eigenvalue weighted by Crippen LogP contribution is -2.45. The number of hydrogen-bond donors (Lipinski definition) is 1. The zero-order chi connectivity index (χ0) is 20.9. The van der Waals surface area contributed by atoms with E-state index in [-0.39, 0.29) is 23.2 Å². The van der Waals surface area contributed by atoms with Crippen molar-refractivity contribution in [2.45, 2.75) is 31.4 Å². The maximum Gasteiger partial charge on any atom is 0.374 e. The van der Waals surface area contributed by atoms with Gasteiger partial charge >= 0.3 is 11.9 Å². The fourth-order valence-electron chi connectivity index (χ4n) is 2.27. The molecule has 152 valence electrons. The second kappa shape index (κ2) is 9.22. The monoisotopic (exact) mass is 429 g/mol. The van der Waals surface area contributed by atoms with Gasteiger partial charge in [0, 0.05) is 10.6 Å². The second-order valence-corrected chi connectivity index (χ2v) is 8.32. The average molecular weight is 430 g/mol. The summed E-state index contributed by atoms with van der Waals surface area (Å²) < 4.78 is 42.2. The van der Waals surface area contributed by atoms with Crippen molar-refractivity contribution in [3.05, 3.63) is 52.9 Å². The Morgan fingerprint density at radius 1 is 1.18 bits per heavy atom. The quantitative estimate of drug-likeness (QED) is 0.642. The maximum atomic E-state index is 12.5. The molecule has 0 unspecified atom stereocenters. The van der Waals surface area contributed by atoms with E-state index in [1.807, 2.05) is 0 Å². The molecule has 10 heteroatoms. The first-order valence-electron chi connectivity index (χ1n) is 8.25. The van der Waals surface area contributed by atoms with Gasteiger partial charge in [-0.2, -0.15) is 4.72 Å². The van der Waals surface area contributed by atoms with Crippen molar-refractivity contribution in [2.75, 3.05) is 7.11 Å². The third-order valence-corrected chi connectivity index (χ3v) is 5.52. The Bertz CT molecular complexity index is 935. The number of rotatable bonds is 8. The predicted molar refractivity (Wildman–Crippen MR) is 100 cm³/mol. The van der Waals surface area contributed by atoms with Crippen molar-refractivity contribution in [3.8, 4) is 0 Å². The Morgan fingerprint density at radius 3 is 2.39 bits per heavy atom. The Labute approximate surface area is 167 Å². The highest BCUT2D eigenvalue weighted by molar-refractivity contribution is 7.89. The van der Waals surface area contributed by atoms with Crippen LogP contribution in [0.3, 0.4) is 0 Å². The van der Waals surface area contributed by atoms with Crippen LogP contribution in [-0.2, 0) is 30.9 Å². The summed E-state index contributed by atoms with van der Waals surface area (Å²) in [6, 6.07) is 5.87. The molecule has 8 nitrogen and oxygen atoms in total. The first-order chi connectivity index (χ1) is 13.2. The molecule has 0 saturated heterocycles. The number of sulfonamides is 1. The van der Waals surface area contributed by atoms with Gasteiger partial charge in [0.2, 0.25) is 15.8 Å². The summed E-state index contributed by atoms with van der Waals surface area (Å²) in [6.45, 7) is 3.08. The third kappa shape index (κ3) is 5.34. The van der Waals surface area contributed by atoms with Crippen molar-refractivity contribution in [1.29, 1.82) is 0 Å². The second-order valence-electron chi connectivity index (χ2n) is 6.17. The molecule has 0 bridgehead atoms. The highest BCUT2D eigenvalue weighted by atomic mass is 35.5. The van der Waals surface area contributed by atoms with Crippen molar-refractivity contribution in [3.63, 3.8) is 0 Å². The molecule has 2 rings (SSSR count). The highest BCUT2D eigenvalue weighted by Gasteiger charge is 2.30. The molecule has 0 aliphatic rings. The minimum absolute atomic E-state index is 0.0295. The summed E-state index contributed by atoms with van der Waals surface area (Å²) in [5, 5.41) is 0.389. The van der Waals surface area contributed by atoms with Gasteiger partial charge in [-0.15, -0.1) is 0 Å². The molecule has 0 aliphatic carbocycles. The Balaban J connectivity index is 2.11. The van der Waals surface area contributed by atoms with Crippen LogP contribution in [-0.4, -0.2) is 33.5 Å². The maximum absolute atomic E-state index is 12.5. The number of furan rings is 1. The summed E-state index contributed by atoms with van der Waals surface area (Å²) in [7, 11) is -2.77. The molecule has 0 radical (unpaired) electrons. The number of ether oxygens (including phenoxy) is 2. The highest BCUT2D eigenvalue weighted by Crippen LogP contribution is 2.17. The van der Waals surface area contributed by atoms with Crippen LogP contribution in [0.4, 0.5) is 0 Å². The summed E-state index contributed by atoms with van der Waals surface area (Å²) in [5.74, 6) is -1.97. The van der Waals surface area contributed by atoms with E-state index in [0.717, 1.165) is 0 Å². The number of hydrogen-bond acceptors (Lipinski definition) is 7. The van der Waals surface area contributed by atoms with Crippen LogP contribution in [0.1, 0.15) is 30.0 Å². The number of benzene rings is 1. The van der Waals surface area contributed by atoms with E-state index in [4.69, 9.17) is 20.8 Å². The number of carbonyl (C=O) groups is 2. The first-order valence-corrected chi connectivity index (χ1v) is 10.1. The molecule has 1 atom stereocenters. The molecular formula is C18H20ClNO7S. The number of carbonyl (C=O) groups excluding carboxylic acids is 2. The minimum Gasteiger partial charge on any atom is -0.463 e. The predicted octanol–water partition coefficient (Wildman–Crippen LogP) is 2.77. The van der Waals surface area contributed by atoms with Gasteiger partial charge in [-0.3, -0.25) is 4.79 Å². The summed E-state index contributed by atoms with van der Waals surface area (Å²) >= 11 is 5.77. The SMILES string of the molecule is COC(=O)c1occc1COC(=O)[C@H](NS(=O)(=O)c1ccc(Cl)cc1)C(C)C. The van der Waals surface area contributed by atoms with Crippen LogP contribution in [0.15, 0.2) is 45.9 Å². The fourth-order valence-corrected chi connectivity index (χ4v) is 3.72. The van der Waals surface area contributed by atoms with Crippen LogP contribution in [0.5, 0.6) is 0 Å². The number of methoxy groups -OCH3 is 1. The molecule has 0 spiro atoms. The number of nitrogens with one attached hydrogen (secondary N) is 1. The lowest BCUT2D eigenvalue weighted by molar-refractivity contribution is -0.148. The topological polar surface area (TPSA) is 112 Å². The molecule has 1 heterocycles. The standard InChI is InChI=1S/C18H20ClNO7S/c1-11(2)15(20-28(23,24)14-6-4-13(19)5-7-14)17(21)27-10-12-8-9-26-16(12)18(22)25-3/h4-9,11,15,20H,10H2,1-3H3/t15-/m1/s1. The molecular weight excluding hydrogens is 410 g/mol. The van der Waals surface area contributed by atoms with Gasteiger partial charge in [0.05, 0.1) is 18.3 Å². The van der Waals surface area contributed by atoms with Gasteiger partial charge in [-0.1, -0.05) is 25.4 Å².